The number of hydrogen-bond acceptors (Lipinski definition) is 10. The Hall–Kier alpha value is 0.0200. The van der Waals surface area contributed by atoms with Crippen molar-refractivity contribution in [1.82, 2.24) is 4.90 Å². The van der Waals surface area contributed by atoms with Gasteiger partial charge in [0.2, 0.25) is 0 Å². The van der Waals surface area contributed by atoms with Gasteiger partial charge in [-0.25, -0.2) is 4.89 Å². The maximum Gasteiger partial charge on any atom is 0.264 e. The van der Waals surface area contributed by atoms with Gasteiger partial charge in [-0.15, -0.1) is 4.33 Å². The molecule has 0 fully saturated rings. The average molecular weight is 363 g/mol. The van der Waals surface area contributed by atoms with Crippen LogP contribution in [0.4, 0.5) is 0 Å². The minimum atomic E-state index is -3.39. The third kappa shape index (κ3) is 18.1. The molecule has 0 heterocycles. The predicted molar refractivity (Wildman–Crippen MR) is 81.6 cm³/mol. The van der Waals surface area contributed by atoms with Gasteiger partial charge in [-0.3, -0.25) is 8.37 Å². The van der Waals surface area contributed by atoms with Crippen LogP contribution in [0.25, 0.3) is 0 Å². The second-order valence-electron chi connectivity index (χ2n) is 4.18. The van der Waals surface area contributed by atoms with Crippen molar-refractivity contribution in [3.63, 3.8) is 0 Å². The van der Waals surface area contributed by atoms with E-state index in [0.717, 1.165) is 31.7 Å². The van der Waals surface area contributed by atoms with Gasteiger partial charge in [-0.1, -0.05) is 0 Å². The third-order valence-electron chi connectivity index (χ3n) is 2.21. The highest BCUT2D eigenvalue weighted by Crippen LogP contribution is 2.02. The number of nitrogens with zero attached hydrogens (tertiary/aromatic N) is 1. The van der Waals surface area contributed by atoms with E-state index in [0.29, 0.717) is 26.4 Å². The fraction of sp³-hybridized carbons (Fsp3) is 1.00. The Labute approximate surface area is 136 Å². The molecule has 0 aromatic carbocycles. The van der Waals surface area contributed by atoms with Crippen LogP contribution in [0.2, 0.25) is 0 Å². The van der Waals surface area contributed by atoms with Crippen LogP contribution in [0.1, 0.15) is 0 Å². The summed E-state index contributed by atoms with van der Waals surface area (Å²) in [6.45, 7) is 3.70. The van der Waals surface area contributed by atoms with Crippen LogP contribution in [0, 0.1) is 0 Å². The second-order valence-corrected chi connectivity index (χ2v) is 6.33. The van der Waals surface area contributed by atoms with Crippen molar-refractivity contribution >= 4 is 22.4 Å². The van der Waals surface area contributed by atoms with E-state index in [1.807, 2.05) is 11.9 Å². The molecular formula is C11H25NO8S2. The average Bonchev–Trinajstić information content (AvgIpc) is 2.44. The molecule has 0 aliphatic heterocycles. The Kier molecular flexibility index (Phi) is 14.6. The van der Waals surface area contributed by atoms with Gasteiger partial charge >= 0.3 is 0 Å². The van der Waals surface area contributed by atoms with E-state index >= 15 is 0 Å². The lowest BCUT2D eigenvalue weighted by molar-refractivity contribution is -0.167. The quantitative estimate of drug-likeness (QED) is 0.123. The van der Waals surface area contributed by atoms with Gasteiger partial charge in [-0.2, -0.15) is 8.42 Å². The molecule has 0 aliphatic rings. The predicted octanol–water partition coefficient (Wildman–Crippen LogP) is 0.0854. The van der Waals surface area contributed by atoms with E-state index < -0.39 is 10.1 Å². The lowest BCUT2D eigenvalue weighted by Gasteiger charge is -2.16. The van der Waals surface area contributed by atoms with E-state index in [4.69, 9.17) is 13.7 Å². The molecule has 0 aromatic heterocycles. The highest BCUT2D eigenvalue weighted by molar-refractivity contribution is 7.89. The van der Waals surface area contributed by atoms with Crippen molar-refractivity contribution in [1.29, 1.82) is 0 Å². The number of likely N-dealkylation sites (N-methyl/N-ethyl adjacent to an activating group) is 1. The Balaban J connectivity index is 3.24. The normalized spacial score (nSPS) is 12.2. The van der Waals surface area contributed by atoms with Gasteiger partial charge in [0.25, 0.3) is 10.1 Å². The zero-order chi connectivity index (χ0) is 16.7. The molecule has 0 radical (unpaired) electrons. The van der Waals surface area contributed by atoms with Crippen LogP contribution in [0.5, 0.6) is 0 Å². The molecule has 0 saturated heterocycles. The van der Waals surface area contributed by atoms with Crippen molar-refractivity contribution < 1.29 is 35.5 Å². The molecule has 0 amide bonds. The van der Waals surface area contributed by atoms with Crippen molar-refractivity contribution in [2.45, 2.75) is 0 Å². The molecule has 0 saturated carbocycles. The molecule has 0 spiro atoms. The molecule has 0 aliphatic carbocycles. The van der Waals surface area contributed by atoms with E-state index in [2.05, 4.69) is 13.4 Å². The molecule has 0 atom stereocenters. The van der Waals surface area contributed by atoms with E-state index in [1.165, 1.54) is 7.11 Å². The molecular weight excluding hydrogens is 338 g/mol. The Morgan fingerprint density at radius 1 is 0.955 bits per heavy atom. The second kappa shape index (κ2) is 14.6. The first kappa shape index (κ1) is 22.0. The smallest absolute Gasteiger partial charge is 0.264 e. The Bertz CT molecular complexity index is 341. The summed E-state index contributed by atoms with van der Waals surface area (Å²) in [5.74, 6) is 0. The SMILES string of the molecule is COOSOCCOCCN(C)CCOCCOS(C)(=O)=O. The first-order chi connectivity index (χ1) is 10.5. The van der Waals surface area contributed by atoms with Crippen molar-refractivity contribution in [2.24, 2.45) is 0 Å². The summed E-state index contributed by atoms with van der Waals surface area (Å²) in [5.41, 5.74) is 0. The number of ether oxygens (including phenoxy) is 2. The van der Waals surface area contributed by atoms with Crippen LogP contribution in [0.15, 0.2) is 0 Å². The summed E-state index contributed by atoms with van der Waals surface area (Å²) in [6, 6.07) is 0. The highest BCUT2D eigenvalue weighted by Gasteiger charge is 2.02. The largest absolute Gasteiger partial charge is 0.378 e. The molecule has 0 unspecified atom stereocenters. The van der Waals surface area contributed by atoms with Gasteiger partial charge < -0.3 is 14.4 Å². The highest BCUT2D eigenvalue weighted by atomic mass is 32.2. The summed E-state index contributed by atoms with van der Waals surface area (Å²) in [5, 5.41) is 0. The summed E-state index contributed by atoms with van der Waals surface area (Å²) < 4.78 is 46.0. The summed E-state index contributed by atoms with van der Waals surface area (Å²) in [7, 11) is -0.0493. The van der Waals surface area contributed by atoms with Gasteiger partial charge in [0.1, 0.15) is 0 Å². The van der Waals surface area contributed by atoms with Crippen molar-refractivity contribution in [3.8, 4) is 0 Å². The lowest BCUT2D eigenvalue weighted by atomic mass is 10.5. The van der Waals surface area contributed by atoms with Gasteiger partial charge in [0.15, 0.2) is 12.3 Å². The van der Waals surface area contributed by atoms with Gasteiger partial charge in [0, 0.05) is 13.1 Å². The number of rotatable bonds is 16. The maximum absolute atomic E-state index is 10.7. The fourth-order valence-corrected chi connectivity index (χ4v) is 1.78. The Morgan fingerprint density at radius 2 is 1.55 bits per heavy atom. The molecule has 0 rings (SSSR count). The molecule has 0 N–H and O–H groups in total. The summed E-state index contributed by atoms with van der Waals surface area (Å²) in [6.07, 6.45) is 1.01. The van der Waals surface area contributed by atoms with Gasteiger partial charge in [-0.05, 0) is 7.05 Å². The standard InChI is InChI=1S/C11H25NO8S2/c1-12(4-6-16-8-10-18-21-20-15-2)5-7-17-9-11-19-22(3,13)14/h4-11H2,1-3H3. The minimum Gasteiger partial charge on any atom is -0.378 e. The van der Waals surface area contributed by atoms with Crippen LogP contribution >= 0.6 is 12.3 Å². The first-order valence-corrected chi connectivity index (χ1v) is 9.11. The van der Waals surface area contributed by atoms with Crippen LogP contribution < -0.4 is 0 Å². The topological polar surface area (TPSA) is 92.8 Å². The fourth-order valence-electron chi connectivity index (χ4n) is 1.18. The van der Waals surface area contributed by atoms with Crippen LogP contribution in [-0.4, -0.2) is 86.5 Å². The maximum atomic E-state index is 10.7. The monoisotopic (exact) mass is 363 g/mol. The van der Waals surface area contributed by atoms with Crippen molar-refractivity contribution in [3.05, 3.63) is 0 Å². The molecule has 11 heteroatoms. The zero-order valence-corrected chi connectivity index (χ0v) is 14.8. The molecule has 9 nitrogen and oxygen atoms in total. The van der Waals surface area contributed by atoms with Crippen LogP contribution in [0.3, 0.4) is 0 Å². The third-order valence-corrected chi connectivity index (χ3v) is 3.26. The van der Waals surface area contributed by atoms with E-state index in [9.17, 15) is 8.42 Å². The molecule has 134 valence electrons. The van der Waals surface area contributed by atoms with Crippen molar-refractivity contribution in [2.75, 3.05) is 73.1 Å². The summed E-state index contributed by atoms with van der Waals surface area (Å²) in [4.78, 5) is 6.36. The molecule has 0 bridgehead atoms. The molecule has 0 aromatic rings. The van der Waals surface area contributed by atoms with E-state index in [1.54, 1.807) is 0 Å². The minimum absolute atomic E-state index is 0.0382. The molecule has 22 heavy (non-hydrogen) atoms. The number of hydrogen-bond donors (Lipinski definition) is 0. The first-order valence-electron chi connectivity index (χ1n) is 6.63. The Morgan fingerprint density at radius 3 is 2.09 bits per heavy atom. The summed E-state index contributed by atoms with van der Waals surface area (Å²) >= 11 is 0.760. The van der Waals surface area contributed by atoms with E-state index in [-0.39, 0.29) is 13.2 Å². The lowest BCUT2D eigenvalue weighted by Crippen LogP contribution is -2.27. The van der Waals surface area contributed by atoms with Gasteiger partial charge in [0.05, 0.1) is 53.0 Å². The zero-order valence-electron chi connectivity index (χ0n) is 13.2. The van der Waals surface area contributed by atoms with Crippen LogP contribution in [-0.2, 0) is 37.2 Å².